The lowest BCUT2D eigenvalue weighted by molar-refractivity contribution is 0.671. The van der Waals surface area contributed by atoms with Gasteiger partial charge >= 0.3 is 0 Å². The molecular weight excluding hydrogens is 130 g/mol. The first-order chi connectivity index (χ1) is 4.43. The fourth-order valence-corrected chi connectivity index (χ4v) is 1.92. The maximum Gasteiger partial charge on any atom is 0.0542 e. The topological polar surface area (TPSA) is 12.0 Å². The fraction of sp³-hybridized carbons (Fsp3) is 0.714. The number of terminal acetylenes is 1. The summed E-state index contributed by atoms with van der Waals surface area (Å²) >= 11 is 1.98. The number of hydrogen-bond donors (Lipinski definition) is 1. The largest absolute Gasteiger partial charge is 0.304 e. The number of nitrogens with one attached hydrogen (secondary N) is 1. The van der Waals surface area contributed by atoms with Crippen molar-refractivity contribution < 1.29 is 0 Å². The summed E-state index contributed by atoms with van der Waals surface area (Å²) in [5, 5.41) is 4.00. The van der Waals surface area contributed by atoms with E-state index in [-0.39, 0.29) is 0 Å². The Morgan fingerprint density at radius 2 is 2.67 bits per heavy atom. The van der Waals surface area contributed by atoms with Crippen LogP contribution in [0.15, 0.2) is 0 Å². The molecule has 1 unspecified atom stereocenters. The molecule has 1 aliphatic rings. The molecule has 0 saturated carbocycles. The van der Waals surface area contributed by atoms with Gasteiger partial charge in [0.2, 0.25) is 0 Å². The Hall–Kier alpha value is -0.130. The normalized spacial score (nSPS) is 25.9. The lowest BCUT2D eigenvalue weighted by Crippen LogP contribution is -2.18. The van der Waals surface area contributed by atoms with Crippen molar-refractivity contribution in [2.24, 2.45) is 0 Å². The van der Waals surface area contributed by atoms with Crippen molar-refractivity contribution >= 4 is 11.8 Å². The Balaban J connectivity index is 2.06. The van der Waals surface area contributed by atoms with Crippen LogP contribution in [0.1, 0.15) is 12.8 Å². The summed E-state index contributed by atoms with van der Waals surface area (Å²) in [7, 11) is 0. The second-order valence-electron chi connectivity index (χ2n) is 2.06. The molecule has 1 N–H and O–H groups in total. The third-order valence-electron chi connectivity index (χ3n) is 1.34. The van der Waals surface area contributed by atoms with Gasteiger partial charge in [-0.25, -0.2) is 0 Å². The summed E-state index contributed by atoms with van der Waals surface area (Å²) < 4.78 is 0. The monoisotopic (exact) mass is 141 g/mol. The molecule has 0 amide bonds. The van der Waals surface area contributed by atoms with Gasteiger partial charge in [-0.2, -0.15) is 0 Å². The molecule has 0 aliphatic carbocycles. The SMILES string of the molecule is C#CCCC1NCCS1. The molecule has 1 saturated heterocycles. The van der Waals surface area contributed by atoms with Gasteiger partial charge in [0.1, 0.15) is 0 Å². The third kappa shape index (κ3) is 2.30. The molecular formula is C7H11NS. The van der Waals surface area contributed by atoms with Gasteiger partial charge in [-0.15, -0.1) is 24.1 Å². The first-order valence-corrected chi connectivity index (χ1v) is 4.27. The van der Waals surface area contributed by atoms with E-state index in [0.717, 1.165) is 19.4 Å². The molecule has 0 aromatic carbocycles. The van der Waals surface area contributed by atoms with Crippen LogP contribution in [0.3, 0.4) is 0 Å². The van der Waals surface area contributed by atoms with E-state index in [4.69, 9.17) is 6.42 Å². The van der Waals surface area contributed by atoms with E-state index in [2.05, 4.69) is 11.2 Å². The quantitative estimate of drug-likeness (QED) is 0.577. The first-order valence-electron chi connectivity index (χ1n) is 3.22. The molecule has 0 aromatic heterocycles. The number of hydrogen-bond acceptors (Lipinski definition) is 2. The number of rotatable bonds is 2. The minimum absolute atomic E-state index is 0.640. The van der Waals surface area contributed by atoms with Gasteiger partial charge < -0.3 is 5.32 Å². The molecule has 0 spiro atoms. The minimum atomic E-state index is 0.640. The maximum absolute atomic E-state index is 5.12. The second kappa shape index (κ2) is 3.81. The predicted molar refractivity (Wildman–Crippen MR) is 42.3 cm³/mol. The Bertz CT molecular complexity index is 111. The van der Waals surface area contributed by atoms with Gasteiger partial charge in [-0.05, 0) is 6.42 Å². The molecule has 1 heterocycles. The van der Waals surface area contributed by atoms with Gasteiger partial charge in [-0.1, -0.05) is 0 Å². The molecule has 0 bridgehead atoms. The highest BCUT2D eigenvalue weighted by atomic mass is 32.2. The highest BCUT2D eigenvalue weighted by Crippen LogP contribution is 2.17. The highest BCUT2D eigenvalue weighted by molar-refractivity contribution is 8.00. The van der Waals surface area contributed by atoms with Crippen LogP contribution in [-0.2, 0) is 0 Å². The van der Waals surface area contributed by atoms with E-state index in [9.17, 15) is 0 Å². The molecule has 1 rings (SSSR count). The zero-order valence-electron chi connectivity index (χ0n) is 5.39. The van der Waals surface area contributed by atoms with E-state index in [1.54, 1.807) is 0 Å². The zero-order chi connectivity index (χ0) is 6.53. The molecule has 0 aromatic rings. The highest BCUT2D eigenvalue weighted by Gasteiger charge is 2.12. The smallest absolute Gasteiger partial charge is 0.0542 e. The molecule has 0 radical (unpaired) electrons. The first kappa shape index (κ1) is 6.98. The van der Waals surface area contributed by atoms with Crippen LogP contribution in [0.5, 0.6) is 0 Å². The Morgan fingerprint density at radius 1 is 1.78 bits per heavy atom. The second-order valence-corrected chi connectivity index (χ2v) is 3.37. The van der Waals surface area contributed by atoms with Gasteiger partial charge in [-0.3, -0.25) is 0 Å². The summed E-state index contributed by atoms with van der Waals surface area (Å²) in [5.74, 6) is 3.89. The molecule has 1 atom stereocenters. The zero-order valence-corrected chi connectivity index (χ0v) is 6.21. The van der Waals surface area contributed by atoms with Crippen molar-refractivity contribution in [1.82, 2.24) is 5.32 Å². The van der Waals surface area contributed by atoms with Crippen LogP contribution in [0.4, 0.5) is 0 Å². The summed E-state index contributed by atoms with van der Waals surface area (Å²) in [6, 6.07) is 0. The Morgan fingerprint density at radius 3 is 3.22 bits per heavy atom. The molecule has 1 nitrogen and oxygen atoms in total. The van der Waals surface area contributed by atoms with Crippen molar-refractivity contribution in [3.05, 3.63) is 0 Å². The van der Waals surface area contributed by atoms with Crippen molar-refractivity contribution in [2.45, 2.75) is 18.2 Å². The van der Waals surface area contributed by atoms with Crippen LogP contribution in [0.2, 0.25) is 0 Å². The Kier molecular flexibility index (Phi) is 2.96. The number of thioether (sulfide) groups is 1. The lowest BCUT2D eigenvalue weighted by Gasteiger charge is -2.04. The van der Waals surface area contributed by atoms with Crippen LogP contribution in [-0.4, -0.2) is 17.7 Å². The van der Waals surface area contributed by atoms with E-state index >= 15 is 0 Å². The van der Waals surface area contributed by atoms with Gasteiger partial charge in [0, 0.05) is 18.7 Å². The van der Waals surface area contributed by atoms with Crippen molar-refractivity contribution in [1.29, 1.82) is 0 Å². The van der Waals surface area contributed by atoms with Gasteiger partial charge in [0.25, 0.3) is 0 Å². The maximum atomic E-state index is 5.12. The third-order valence-corrected chi connectivity index (χ3v) is 2.59. The van der Waals surface area contributed by atoms with Crippen molar-refractivity contribution in [3.63, 3.8) is 0 Å². The van der Waals surface area contributed by atoms with E-state index < -0.39 is 0 Å². The summed E-state index contributed by atoms with van der Waals surface area (Å²) in [6.07, 6.45) is 7.15. The van der Waals surface area contributed by atoms with Crippen molar-refractivity contribution in [3.8, 4) is 12.3 Å². The summed E-state index contributed by atoms with van der Waals surface area (Å²) in [4.78, 5) is 0. The van der Waals surface area contributed by atoms with Crippen LogP contribution in [0.25, 0.3) is 0 Å². The van der Waals surface area contributed by atoms with Crippen LogP contribution in [0, 0.1) is 12.3 Å². The van der Waals surface area contributed by atoms with E-state index in [0.29, 0.717) is 5.37 Å². The summed E-state index contributed by atoms with van der Waals surface area (Å²) in [5.41, 5.74) is 0. The Labute approximate surface area is 60.6 Å². The standard InChI is InChI=1S/C7H11NS/c1-2-3-4-7-8-5-6-9-7/h1,7-8H,3-6H2. The van der Waals surface area contributed by atoms with Crippen LogP contribution >= 0.6 is 11.8 Å². The lowest BCUT2D eigenvalue weighted by atomic mass is 10.3. The molecule has 1 aliphatic heterocycles. The average Bonchev–Trinajstić information content (AvgIpc) is 2.34. The molecule has 2 heteroatoms. The van der Waals surface area contributed by atoms with E-state index in [1.165, 1.54) is 5.75 Å². The van der Waals surface area contributed by atoms with Gasteiger partial charge in [0.15, 0.2) is 0 Å². The van der Waals surface area contributed by atoms with Crippen molar-refractivity contribution in [2.75, 3.05) is 12.3 Å². The van der Waals surface area contributed by atoms with E-state index in [1.807, 2.05) is 11.8 Å². The molecule has 1 fully saturated rings. The minimum Gasteiger partial charge on any atom is -0.304 e. The van der Waals surface area contributed by atoms with Gasteiger partial charge in [0.05, 0.1) is 5.37 Å². The molecule has 50 valence electrons. The average molecular weight is 141 g/mol. The fourth-order valence-electron chi connectivity index (χ4n) is 0.880. The summed E-state index contributed by atoms with van der Waals surface area (Å²) in [6.45, 7) is 1.15. The van der Waals surface area contributed by atoms with Crippen LogP contribution < -0.4 is 5.32 Å². The molecule has 9 heavy (non-hydrogen) atoms. The predicted octanol–water partition coefficient (Wildman–Crippen LogP) is 1.06.